The molecular weight excluding hydrogens is 313 g/mol. The highest BCUT2D eigenvalue weighted by Crippen LogP contribution is 2.36. The Hall–Kier alpha value is -1.33. The first-order valence-electron chi connectivity index (χ1n) is 6.91. The minimum Gasteiger partial charge on any atom is -0.354 e. The molecule has 0 radical (unpaired) electrons. The van der Waals surface area contributed by atoms with Gasteiger partial charge in [0, 0.05) is 12.1 Å². The molecule has 2 N–H and O–H groups in total. The largest absolute Gasteiger partial charge is 0.354 e. The Morgan fingerprint density at radius 3 is 2.43 bits per heavy atom. The molecule has 1 aliphatic rings. The Kier molecular flexibility index (Phi) is 5.06. The van der Waals surface area contributed by atoms with Crippen LogP contribution in [0.3, 0.4) is 0 Å². The molecule has 2 rings (SSSR count). The molecule has 7 heteroatoms. The summed E-state index contributed by atoms with van der Waals surface area (Å²) in [5, 5.41) is 5.90. The van der Waals surface area contributed by atoms with Crippen LogP contribution in [0.1, 0.15) is 43.0 Å². The molecule has 1 heterocycles. The van der Waals surface area contributed by atoms with Gasteiger partial charge in [0.25, 0.3) is 5.91 Å². The highest BCUT2D eigenvalue weighted by Gasteiger charge is 2.51. The summed E-state index contributed by atoms with van der Waals surface area (Å²) in [6, 6.07) is 2.85. The number of rotatable bonds is 6. The summed E-state index contributed by atoms with van der Waals surface area (Å²) in [5.41, 5.74) is -0.486. The van der Waals surface area contributed by atoms with Crippen LogP contribution >= 0.6 is 23.2 Å². The Balaban J connectivity index is 2.00. The van der Waals surface area contributed by atoms with Gasteiger partial charge in [0.2, 0.25) is 5.91 Å². The summed E-state index contributed by atoms with van der Waals surface area (Å²) in [6.45, 7) is 2.68. The van der Waals surface area contributed by atoms with Gasteiger partial charge < -0.3 is 10.6 Å². The zero-order valence-corrected chi connectivity index (χ0v) is 13.2. The lowest BCUT2D eigenvalue weighted by molar-refractivity contribution is -0.123. The number of amides is 2. The van der Waals surface area contributed by atoms with Crippen molar-refractivity contribution in [3.05, 3.63) is 28.0 Å². The molecule has 1 aliphatic carbocycles. The van der Waals surface area contributed by atoms with Crippen LogP contribution in [0.2, 0.25) is 10.3 Å². The zero-order chi connectivity index (χ0) is 15.5. The number of nitrogens with zero attached hydrogens (tertiary/aromatic N) is 1. The quantitative estimate of drug-likeness (QED) is 0.622. The topological polar surface area (TPSA) is 71.1 Å². The van der Waals surface area contributed by atoms with Crippen LogP contribution in [0.15, 0.2) is 12.1 Å². The van der Waals surface area contributed by atoms with Crippen molar-refractivity contribution in [3.8, 4) is 0 Å². The number of halogens is 2. The van der Waals surface area contributed by atoms with E-state index >= 15 is 0 Å². The number of aromatic nitrogens is 1. The number of hydrogen-bond donors (Lipinski definition) is 2. The molecular formula is C14H17Cl2N3O2. The molecule has 1 saturated carbocycles. The minimum absolute atomic E-state index is 0.129. The van der Waals surface area contributed by atoms with Crippen LogP contribution in [0.25, 0.3) is 0 Å². The van der Waals surface area contributed by atoms with E-state index in [0.29, 0.717) is 24.9 Å². The van der Waals surface area contributed by atoms with Crippen molar-refractivity contribution in [2.75, 3.05) is 6.54 Å². The van der Waals surface area contributed by atoms with Gasteiger partial charge >= 0.3 is 0 Å². The highest BCUT2D eigenvalue weighted by molar-refractivity contribution is 6.33. The molecule has 0 unspecified atom stereocenters. The average Bonchev–Trinajstić information content (AvgIpc) is 3.18. The lowest BCUT2D eigenvalue weighted by Gasteiger charge is -2.17. The van der Waals surface area contributed by atoms with Crippen LogP contribution in [-0.2, 0) is 4.79 Å². The maximum atomic E-state index is 12.2. The van der Waals surface area contributed by atoms with E-state index in [9.17, 15) is 9.59 Å². The monoisotopic (exact) mass is 329 g/mol. The Labute approximate surface area is 133 Å². The van der Waals surface area contributed by atoms with E-state index in [1.54, 1.807) is 0 Å². The fraction of sp³-hybridized carbons (Fsp3) is 0.500. The molecule has 1 aromatic rings. The van der Waals surface area contributed by atoms with Crippen LogP contribution in [0.5, 0.6) is 0 Å². The molecule has 2 amide bonds. The van der Waals surface area contributed by atoms with Gasteiger partial charge in [0.1, 0.15) is 15.8 Å². The summed E-state index contributed by atoms with van der Waals surface area (Å²) in [4.78, 5) is 28.1. The van der Waals surface area contributed by atoms with Crippen LogP contribution < -0.4 is 10.6 Å². The zero-order valence-electron chi connectivity index (χ0n) is 11.7. The fourth-order valence-electron chi connectivity index (χ4n) is 1.97. The van der Waals surface area contributed by atoms with Gasteiger partial charge in [-0.2, -0.15) is 0 Å². The fourth-order valence-corrected chi connectivity index (χ4v) is 2.43. The lowest BCUT2D eigenvalue weighted by atomic mass is 10.2. The van der Waals surface area contributed by atoms with E-state index in [1.165, 1.54) is 12.1 Å². The average molecular weight is 330 g/mol. The van der Waals surface area contributed by atoms with Crippen molar-refractivity contribution in [1.29, 1.82) is 0 Å². The number of carbonyl (C=O) groups is 2. The third-order valence-corrected chi connectivity index (χ3v) is 3.77. The van der Waals surface area contributed by atoms with Gasteiger partial charge in [0.15, 0.2) is 0 Å². The molecule has 1 fully saturated rings. The number of pyridine rings is 1. The summed E-state index contributed by atoms with van der Waals surface area (Å²) < 4.78 is 0. The third kappa shape index (κ3) is 4.08. The van der Waals surface area contributed by atoms with E-state index in [0.717, 1.165) is 12.8 Å². The molecule has 0 aromatic carbocycles. The van der Waals surface area contributed by atoms with Crippen molar-refractivity contribution in [2.24, 2.45) is 0 Å². The van der Waals surface area contributed by atoms with Gasteiger partial charge in [-0.15, -0.1) is 0 Å². The highest BCUT2D eigenvalue weighted by atomic mass is 35.5. The smallest absolute Gasteiger partial charge is 0.252 e. The molecule has 21 heavy (non-hydrogen) atoms. The summed E-state index contributed by atoms with van der Waals surface area (Å²) in [7, 11) is 0. The van der Waals surface area contributed by atoms with Crippen LogP contribution in [0, 0.1) is 0 Å². The SMILES string of the molecule is CCCCNC(=O)C1(NC(=O)c2cc(Cl)nc(Cl)c2)CC1. The second kappa shape index (κ2) is 6.62. The van der Waals surface area contributed by atoms with E-state index in [4.69, 9.17) is 23.2 Å². The molecule has 0 atom stereocenters. The van der Waals surface area contributed by atoms with Crippen molar-refractivity contribution in [3.63, 3.8) is 0 Å². The molecule has 0 aliphatic heterocycles. The van der Waals surface area contributed by atoms with Gasteiger partial charge in [-0.3, -0.25) is 9.59 Å². The summed E-state index contributed by atoms with van der Waals surface area (Å²) >= 11 is 11.5. The predicted octanol–water partition coefficient (Wildman–Crippen LogP) is 2.57. The van der Waals surface area contributed by atoms with Crippen molar-refractivity contribution in [1.82, 2.24) is 15.6 Å². The molecule has 1 aromatic heterocycles. The first-order valence-corrected chi connectivity index (χ1v) is 7.66. The van der Waals surface area contributed by atoms with E-state index < -0.39 is 5.54 Å². The summed E-state index contributed by atoms with van der Waals surface area (Å²) in [6.07, 6.45) is 3.21. The van der Waals surface area contributed by atoms with Crippen LogP contribution in [-0.4, -0.2) is 28.9 Å². The molecule has 0 saturated heterocycles. The van der Waals surface area contributed by atoms with E-state index in [-0.39, 0.29) is 22.1 Å². The van der Waals surface area contributed by atoms with Gasteiger partial charge in [-0.1, -0.05) is 36.5 Å². The van der Waals surface area contributed by atoms with Crippen LogP contribution in [0.4, 0.5) is 0 Å². The van der Waals surface area contributed by atoms with E-state index in [1.807, 2.05) is 0 Å². The molecule has 0 bridgehead atoms. The lowest BCUT2D eigenvalue weighted by Crippen LogP contribution is -2.49. The van der Waals surface area contributed by atoms with E-state index in [2.05, 4.69) is 22.5 Å². The number of carbonyl (C=O) groups excluding carboxylic acids is 2. The molecule has 5 nitrogen and oxygen atoms in total. The maximum absolute atomic E-state index is 12.2. The second-order valence-electron chi connectivity index (χ2n) is 5.15. The second-order valence-corrected chi connectivity index (χ2v) is 5.92. The first-order chi connectivity index (χ1) is 9.97. The number of nitrogens with one attached hydrogen (secondary N) is 2. The Morgan fingerprint density at radius 1 is 1.29 bits per heavy atom. The Bertz CT molecular complexity index is 539. The van der Waals surface area contributed by atoms with Gasteiger partial charge in [-0.25, -0.2) is 4.98 Å². The van der Waals surface area contributed by atoms with Crippen molar-refractivity contribution >= 4 is 35.0 Å². The normalized spacial score (nSPS) is 15.4. The Morgan fingerprint density at radius 2 is 1.90 bits per heavy atom. The molecule has 114 valence electrons. The van der Waals surface area contributed by atoms with Gasteiger partial charge in [0.05, 0.1) is 0 Å². The standard InChI is InChI=1S/C14H17Cl2N3O2/c1-2-3-6-17-13(21)14(4-5-14)19-12(20)9-7-10(15)18-11(16)8-9/h7-8H,2-6H2,1H3,(H,17,21)(H,19,20). The first kappa shape index (κ1) is 16.0. The number of hydrogen-bond acceptors (Lipinski definition) is 3. The van der Waals surface area contributed by atoms with Crippen molar-refractivity contribution < 1.29 is 9.59 Å². The van der Waals surface area contributed by atoms with Gasteiger partial charge in [-0.05, 0) is 31.4 Å². The third-order valence-electron chi connectivity index (χ3n) is 3.38. The summed E-state index contributed by atoms with van der Waals surface area (Å²) in [5.74, 6) is -0.500. The number of unbranched alkanes of at least 4 members (excludes halogenated alkanes) is 1. The molecule has 0 spiro atoms. The minimum atomic E-state index is -0.785. The van der Waals surface area contributed by atoms with Crippen molar-refractivity contribution in [2.45, 2.75) is 38.1 Å². The maximum Gasteiger partial charge on any atom is 0.252 e. The predicted molar refractivity (Wildman–Crippen MR) is 81.6 cm³/mol.